The van der Waals surface area contributed by atoms with E-state index in [-0.39, 0.29) is 5.54 Å². The second-order valence-electron chi connectivity index (χ2n) is 5.94. The van der Waals surface area contributed by atoms with Crippen molar-refractivity contribution in [1.82, 2.24) is 10.2 Å². The summed E-state index contributed by atoms with van der Waals surface area (Å²) in [5.41, 5.74) is 0.249. The molecule has 1 aliphatic rings. The molecule has 0 aliphatic carbocycles. The predicted octanol–water partition coefficient (Wildman–Crippen LogP) is 2.97. The number of thioether (sulfide) groups is 1. The number of hydrogen-bond acceptors (Lipinski definition) is 3. The Bertz CT molecular complexity index is 281. The highest BCUT2D eigenvalue weighted by atomic mass is 32.2. The van der Waals surface area contributed by atoms with Crippen LogP contribution in [-0.4, -0.2) is 46.5 Å². The number of rotatable bonds is 6. The molecular formula is C14H29N3S. The summed E-state index contributed by atoms with van der Waals surface area (Å²) < 4.78 is 0. The van der Waals surface area contributed by atoms with Crippen molar-refractivity contribution in [2.24, 2.45) is 4.99 Å². The van der Waals surface area contributed by atoms with E-state index in [2.05, 4.69) is 51.8 Å². The van der Waals surface area contributed by atoms with E-state index in [1.807, 2.05) is 11.8 Å². The van der Waals surface area contributed by atoms with Gasteiger partial charge < -0.3 is 5.32 Å². The van der Waals surface area contributed by atoms with Gasteiger partial charge in [0.05, 0.1) is 6.54 Å². The lowest BCUT2D eigenvalue weighted by molar-refractivity contribution is 0.181. The van der Waals surface area contributed by atoms with Crippen molar-refractivity contribution in [3.8, 4) is 0 Å². The number of amidine groups is 1. The lowest BCUT2D eigenvalue weighted by atomic mass is 10.0. The van der Waals surface area contributed by atoms with Crippen LogP contribution < -0.4 is 5.32 Å². The molecule has 0 aromatic carbocycles. The van der Waals surface area contributed by atoms with Crippen molar-refractivity contribution in [1.29, 1.82) is 0 Å². The highest BCUT2D eigenvalue weighted by molar-refractivity contribution is 8.14. The molecule has 0 bridgehead atoms. The summed E-state index contributed by atoms with van der Waals surface area (Å²) in [6.07, 6.45) is 1.16. The fourth-order valence-corrected chi connectivity index (χ4v) is 3.45. The molecule has 1 heterocycles. The van der Waals surface area contributed by atoms with E-state index in [0.717, 1.165) is 30.4 Å². The Morgan fingerprint density at radius 3 is 2.39 bits per heavy atom. The van der Waals surface area contributed by atoms with Crippen molar-refractivity contribution in [3.63, 3.8) is 0 Å². The Hall–Kier alpha value is -0.220. The Kier molecular flexibility index (Phi) is 5.99. The second-order valence-corrected chi connectivity index (χ2v) is 6.90. The zero-order valence-electron chi connectivity index (χ0n) is 12.8. The van der Waals surface area contributed by atoms with Crippen LogP contribution in [0.1, 0.15) is 48.0 Å². The maximum Gasteiger partial charge on any atom is 0.157 e. The van der Waals surface area contributed by atoms with Gasteiger partial charge in [0.2, 0.25) is 0 Å². The van der Waals surface area contributed by atoms with Crippen LogP contribution >= 0.6 is 11.8 Å². The SMILES string of the molecule is CCC1(C)CSC(=NCCN(C(C)C)C(C)C)N1. The summed E-state index contributed by atoms with van der Waals surface area (Å²) in [6.45, 7) is 15.5. The Morgan fingerprint density at radius 1 is 1.33 bits per heavy atom. The van der Waals surface area contributed by atoms with E-state index >= 15 is 0 Å². The molecule has 1 N–H and O–H groups in total. The number of aliphatic imine (C=N–C) groups is 1. The average Bonchev–Trinajstić information content (AvgIpc) is 2.66. The van der Waals surface area contributed by atoms with Gasteiger partial charge in [-0.05, 0) is 41.0 Å². The summed E-state index contributed by atoms with van der Waals surface area (Å²) in [4.78, 5) is 7.19. The Balaban J connectivity index is 2.41. The molecule has 0 aromatic heterocycles. The molecule has 1 rings (SSSR count). The van der Waals surface area contributed by atoms with Crippen LogP contribution in [-0.2, 0) is 0 Å². The molecule has 1 unspecified atom stereocenters. The third kappa shape index (κ3) is 4.47. The third-order valence-electron chi connectivity index (χ3n) is 3.66. The molecule has 18 heavy (non-hydrogen) atoms. The minimum Gasteiger partial charge on any atom is -0.359 e. The summed E-state index contributed by atoms with van der Waals surface area (Å²) >= 11 is 1.86. The zero-order chi connectivity index (χ0) is 13.8. The average molecular weight is 271 g/mol. The largest absolute Gasteiger partial charge is 0.359 e. The lowest BCUT2D eigenvalue weighted by Crippen LogP contribution is -2.40. The molecule has 1 saturated heterocycles. The molecular weight excluding hydrogens is 242 g/mol. The zero-order valence-corrected chi connectivity index (χ0v) is 13.6. The van der Waals surface area contributed by atoms with Crippen molar-refractivity contribution in [2.45, 2.75) is 65.6 Å². The van der Waals surface area contributed by atoms with Gasteiger partial charge in [0.15, 0.2) is 5.17 Å². The van der Waals surface area contributed by atoms with Crippen molar-refractivity contribution < 1.29 is 0 Å². The molecule has 4 heteroatoms. The number of nitrogens with zero attached hydrogens (tertiary/aromatic N) is 2. The van der Waals surface area contributed by atoms with Gasteiger partial charge in [-0.15, -0.1) is 0 Å². The van der Waals surface area contributed by atoms with E-state index < -0.39 is 0 Å². The third-order valence-corrected chi connectivity index (χ3v) is 4.94. The van der Waals surface area contributed by atoms with Crippen molar-refractivity contribution in [3.05, 3.63) is 0 Å². The maximum atomic E-state index is 4.70. The van der Waals surface area contributed by atoms with Gasteiger partial charge in [-0.2, -0.15) is 0 Å². The summed E-state index contributed by atoms with van der Waals surface area (Å²) in [5.74, 6) is 1.14. The van der Waals surface area contributed by atoms with Gasteiger partial charge in [-0.25, -0.2) is 0 Å². The van der Waals surface area contributed by atoms with E-state index in [0.29, 0.717) is 12.1 Å². The van der Waals surface area contributed by atoms with E-state index in [1.165, 1.54) is 0 Å². The normalized spacial score (nSPS) is 26.6. The summed E-state index contributed by atoms with van der Waals surface area (Å²) in [7, 11) is 0. The molecule has 0 amide bonds. The van der Waals surface area contributed by atoms with Gasteiger partial charge in [0.25, 0.3) is 0 Å². The van der Waals surface area contributed by atoms with E-state index in [9.17, 15) is 0 Å². The minimum atomic E-state index is 0.249. The number of nitrogens with one attached hydrogen (secondary N) is 1. The molecule has 3 nitrogen and oxygen atoms in total. The monoisotopic (exact) mass is 271 g/mol. The second kappa shape index (κ2) is 6.80. The van der Waals surface area contributed by atoms with E-state index in [1.54, 1.807) is 0 Å². The highest BCUT2D eigenvalue weighted by Crippen LogP contribution is 2.25. The van der Waals surface area contributed by atoms with E-state index in [4.69, 9.17) is 4.99 Å². The molecule has 0 saturated carbocycles. The minimum absolute atomic E-state index is 0.249. The fraction of sp³-hybridized carbons (Fsp3) is 0.929. The Labute approximate surface area is 117 Å². The lowest BCUT2D eigenvalue weighted by Gasteiger charge is -2.29. The summed E-state index contributed by atoms with van der Waals surface area (Å²) in [6, 6.07) is 1.19. The van der Waals surface area contributed by atoms with Crippen molar-refractivity contribution >= 4 is 16.9 Å². The molecule has 0 spiro atoms. The van der Waals surface area contributed by atoms with Crippen LogP contribution in [0.4, 0.5) is 0 Å². The van der Waals surface area contributed by atoms with Crippen LogP contribution in [0.15, 0.2) is 4.99 Å². The first-order valence-corrected chi connectivity index (χ1v) is 8.07. The molecule has 0 radical (unpaired) electrons. The molecule has 1 fully saturated rings. The van der Waals surface area contributed by atoms with Gasteiger partial charge in [-0.3, -0.25) is 9.89 Å². The van der Waals surface area contributed by atoms with Crippen LogP contribution in [0.2, 0.25) is 0 Å². The first-order valence-electron chi connectivity index (χ1n) is 7.09. The van der Waals surface area contributed by atoms with Crippen molar-refractivity contribution in [2.75, 3.05) is 18.8 Å². The molecule has 1 aliphatic heterocycles. The van der Waals surface area contributed by atoms with Crippen LogP contribution in [0, 0.1) is 0 Å². The van der Waals surface area contributed by atoms with Gasteiger partial charge >= 0.3 is 0 Å². The quantitative estimate of drug-likeness (QED) is 0.805. The van der Waals surface area contributed by atoms with Gasteiger partial charge in [-0.1, -0.05) is 18.7 Å². The topological polar surface area (TPSA) is 27.6 Å². The van der Waals surface area contributed by atoms with Gasteiger partial charge in [0, 0.05) is 29.9 Å². The first-order chi connectivity index (χ1) is 8.38. The molecule has 106 valence electrons. The van der Waals surface area contributed by atoms with Crippen LogP contribution in [0.3, 0.4) is 0 Å². The standard InChI is InChI=1S/C14H29N3S/c1-7-14(6)10-18-13(16-14)15-8-9-17(11(2)3)12(4)5/h11-12H,7-10H2,1-6H3,(H,15,16). The molecule has 0 aromatic rings. The number of hydrogen-bond donors (Lipinski definition) is 1. The fourth-order valence-electron chi connectivity index (χ4n) is 2.21. The highest BCUT2D eigenvalue weighted by Gasteiger charge is 2.30. The molecule has 1 atom stereocenters. The maximum absolute atomic E-state index is 4.70. The summed E-state index contributed by atoms with van der Waals surface area (Å²) in [5, 5.41) is 4.67. The smallest absolute Gasteiger partial charge is 0.157 e. The van der Waals surface area contributed by atoms with Crippen LogP contribution in [0.5, 0.6) is 0 Å². The predicted molar refractivity (Wildman–Crippen MR) is 83.6 cm³/mol. The van der Waals surface area contributed by atoms with Crippen LogP contribution in [0.25, 0.3) is 0 Å². The Morgan fingerprint density at radius 2 is 1.94 bits per heavy atom. The van der Waals surface area contributed by atoms with Gasteiger partial charge in [0.1, 0.15) is 0 Å². The first kappa shape index (κ1) is 15.8.